The van der Waals surface area contributed by atoms with Crippen LogP contribution in [0.3, 0.4) is 0 Å². The second-order valence-corrected chi connectivity index (χ2v) is 3.15. The molecule has 6 heteroatoms. The van der Waals surface area contributed by atoms with Gasteiger partial charge >= 0.3 is 12.4 Å². The first-order valence-electron chi connectivity index (χ1n) is 5.43. The highest BCUT2D eigenvalue weighted by molar-refractivity contribution is 6.18. The summed E-state index contributed by atoms with van der Waals surface area (Å²) in [7, 11) is 0. The Bertz CT molecular complexity index is 299. The standard InChI is InChI=1S/C11H17F2NO3/c1-4-14(5-2)7-8(9(15)10(12)13)11(16)17-6-3/h7,10H,4-6H2,1-3H3/b8-7-. The molecule has 0 fully saturated rings. The molecule has 0 radical (unpaired) electrons. The van der Waals surface area contributed by atoms with Crippen molar-refractivity contribution in [3.8, 4) is 0 Å². The van der Waals surface area contributed by atoms with Gasteiger partial charge in [-0.25, -0.2) is 13.6 Å². The third kappa shape index (κ3) is 4.93. The van der Waals surface area contributed by atoms with Crippen molar-refractivity contribution in [2.75, 3.05) is 19.7 Å². The number of rotatable bonds is 7. The molecule has 0 saturated carbocycles. The molecule has 0 N–H and O–H groups in total. The zero-order valence-electron chi connectivity index (χ0n) is 10.2. The smallest absolute Gasteiger partial charge is 0.343 e. The average Bonchev–Trinajstić information content (AvgIpc) is 2.30. The topological polar surface area (TPSA) is 46.6 Å². The number of carbonyl (C=O) groups excluding carboxylic acids is 2. The maximum Gasteiger partial charge on any atom is 0.343 e. The van der Waals surface area contributed by atoms with E-state index in [0.29, 0.717) is 13.1 Å². The summed E-state index contributed by atoms with van der Waals surface area (Å²) in [6, 6.07) is 0. The third-order valence-corrected chi connectivity index (χ3v) is 2.08. The van der Waals surface area contributed by atoms with Gasteiger partial charge in [-0.05, 0) is 20.8 Å². The molecule has 0 saturated heterocycles. The number of Topliss-reactive ketones (excluding diaryl/α,β-unsaturated/α-hetero) is 1. The number of alkyl halides is 2. The number of hydrogen-bond donors (Lipinski definition) is 0. The highest BCUT2D eigenvalue weighted by atomic mass is 19.3. The molecule has 0 aliphatic heterocycles. The van der Waals surface area contributed by atoms with Crippen molar-refractivity contribution in [1.29, 1.82) is 0 Å². The maximum absolute atomic E-state index is 12.3. The molecule has 0 heterocycles. The first-order chi connectivity index (χ1) is 7.97. The molecule has 0 aromatic heterocycles. The number of halogens is 2. The summed E-state index contributed by atoms with van der Waals surface area (Å²) in [6.45, 7) is 6.17. The number of hydrogen-bond acceptors (Lipinski definition) is 4. The van der Waals surface area contributed by atoms with Crippen molar-refractivity contribution in [1.82, 2.24) is 4.90 Å². The first-order valence-corrected chi connectivity index (χ1v) is 5.43. The van der Waals surface area contributed by atoms with Crippen molar-refractivity contribution >= 4 is 11.8 Å². The van der Waals surface area contributed by atoms with Crippen molar-refractivity contribution in [3.05, 3.63) is 11.8 Å². The van der Waals surface area contributed by atoms with Gasteiger partial charge in [0.2, 0.25) is 5.78 Å². The molecule has 0 amide bonds. The predicted octanol–water partition coefficient (Wildman–Crippen LogP) is 1.61. The summed E-state index contributed by atoms with van der Waals surface area (Å²) >= 11 is 0. The lowest BCUT2D eigenvalue weighted by Gasteiger charge is -2.17. The van der Waals surface area contributed by atoms with Crippen molar-refractivity contribution in [3.63, 3.8) is 0 Å². The molecule has 4 nitrogen and oxygen atoms in total. The summed E-state index contributed by atoms with van der Waals surface area (Å²) in [4.78, 5) is 24.1. The number of esters is 1. The van der Waals surface area contributed by atoms with Crippen molar-refractivity contribution in [2.45, 2.75) is 27.2 Å². The zero-order chi connectivity index (χ0) is 13.4. The summed E-state index contributed by atoms with van der Waals surface area (Å²) in [6.07, 6.45) is -2.08. The normalized spacial score (nSPS) is 11.5. The SMILES string of the molecule is CCOC(=O)/C(=C\N(CC)CC)C(=O)C(F)F. The minimum Gasteiger partial charge on any atom is -0.462 e. The Morgan fingerprint density at radius 3 is 2.12 bits per heavy atom. The van der Waals surface area contributed by atoms with Gasteiger partial charge in [0.1, 0.15) is 5.57 Å². The molecule has 0 aliphatic carbocycles. The van der Waals surface area contributed by atoms with Gasteiger partial charge in [-0.2, -0.15) is 0 Å². The Labute approximate surface area is 99.2 Å². The van der Waals surface area contributed by atoms with Crippen LogP contribution >= 0.6 is 0 Å². The molecule has 0 bridgehead atoms. The molecule has 0 aliphatic rings. The Morgan fingerprint density at radius 1 is 1.24 bits per heavy atom. The average molecular weight is 249 g/mol. The number of carbonyl (C=O) groups is 2. The van der Waals surface area contributed by atoms with Gasteiger partial charge in [0.05, 0.1) is 6.61 Å². The first kappa shape index (κ1) is 15.5. The van der Waals surface area contributed by atoms with E-state index in [0.717, 1.165) is 6.20 Å². The summed E-state index contributed by atoms with van der Waals surface area (Å²) in [5.74, 6) is -2.51. The highest BCUT2D eigenvalue weighted by Gasteiger charge is 2.27. The Kier molecular flexibility index (Phi) is 7.09. The van der Waals surface area contributed by atoms with Gasteiger partial charge in [-0.15, -0.1) is 0 Å². The minimum absolute atomic E-state index is 0.0327. The fourth-order valence-corrected chi connectivity index (χ4v) is 1.13. The van der Waals surface area contributed by atoms with E-state index in [9.17, 15) is 18.4 Å². The quantitative estimate of drug-likeness (QED) is 0.297. The predicted molar refractivity (Wildman–Crippen MR) is 58.6 cm³/mol. The van der Waals surface area contributed by atoms with Gasteiger partial charge in [-0.3, -0.25) is 4.79 Å². The molecular formula is C11H17F2NO3. The Hall–Kier alpha value is -1.46. The van der Waals surface area contributed by atoms with Gasteiger partial charge in [-0.1, -0.05) is 0 Å². The largest absolute Gasteiger partial charge is 0.462 e. The minimum atomic E-state index is -3.21. The second-order valence-electron chi connectivity index (χ2n) is 3.15. The van der Waals surface area contributed by atoms with E-state index in [4.69, 9.17) is 0 Å². The van der Waals surface area contributed by atoms with E-state index < -0.39 is 23.8 Å². The van der Waals surface area contributed by atoms with Gasteiger partial charge in [0, 0.05) is 19.3 Å². The van der Waals surface area contributed by atoms with Crippen molar-refractivity contribution < 1.29 is 23.1 Å². The van der Waals surface area contributed by atoms with Crippen LogP contribution in [0.5, 0.6) is 0 Å². The third-order valence-electron chi connectivity index (χ3n) is 2.08. The fraction of sp³-hybridized carbons (Fsp3) is 0.636. The molecule has 0 atom stereocenters. The van der Waals surface area contributed by atoms with Gasteiger partial charge in [0.25, 0.3) is 0 Å². The van der Waals surface area contributed by atoms with Gasteiger partial charge < -0.3 is 9.64 Å². The van der Waals surface area contributed by atoms with Crippen LogP contribution in [-0.2, 0) is 14.3 Å². The zero-order valence-corrected chi connectivity index (χ0v) is 10.2. The summed E-state index contributed by atoms with van der Waals surface area (Å²) in [5.41, 5.74) is -0.606. The molecule has 0 unspecified atom stereocenters. The van der Waals surface area contributed by atoms with Crippen LogP contribution in [0.1, 0.15) is 20.8 Å². The van der Waals surface area contributed by atoms with E-state index in [1.165, 1.54) is 0 Å². The fourth-order valence-electron chi connectivity index (χ4n) is 1.13. The molecule has 0 rings (SSSR count). The van der Waals surface area contributed by atoms with Crippen LogP contribution in [-0.4, -0.2) is 42.8 Å². The second kappa shape index (κ2) is 7.76. The Balaban J connectivity index is 5.09. The van der Waals surface area contributed by atoms with E-state index in [1.807, 2.05) is 0 Å². The van der Waals surface area contributed by atoms with E-state index in [1.54, 1.807) is 25.7 Å². The van der Waals surface area contributed by atoms with E-state index >= 15 is 0 Å². The summed E-state index contributed by atoms with van der Waals surface area (Å²) in [5, 5.41) is 0. The number of nitrogens with zero attached hydrogens (tertiary/aromatic N) is 1. The lowest BCUT2D eigenvalue weighted by atomic mass is 10.2. The summed E-state index contributed by atoms with van der Waals surface area (Å²) < 4.78 is 29.2. The molecule has 0 aromatic carbocycles. The lowest BCUT2D eigenvalue weighted by Crippen LogP contribution is -2.26. The number of ketones is 1. The van der Waals surface area contributed by atoms with Crippen LogP contribution in [0.4, 0.5) is 8.78 Å². The maximum atomic E-state index is 12.3. The van der Waals surface area contributed by atoms with Crippen LogP contribution < -0.4 is 0 Å². The van der Waals surface area contributed by atoms with E-state index in [-0.39, 0.29) is 6.61 Å². The molecule has 17 heavy (non-hydrogen) atoms. The molecule has 0 spiro atoms. The van der Waals surface area contributed by atoms with Crippen LogP contribution in [0.25, 0.3) is 0 Å². The Morgan fingerprint density at radius 2 is 1.76 bits per heavy atom. The molecule has 98 valence electrons. The molecule has 0 aromatic rings. The van der Waals surface area contributed by atoms with Crippen LogP contribution in [0.2, 0.25) is 0 Å². The lowest BCUT2D eigenvalue weighted by molar-refractivity contribution is -0.141. The van der Waals surface area contributed by atoms with Crippen LogP contribution in [0, 0.1) is 0 Å². The highest BCUT2D eigenvalue weighted by Crippen LogP contribution is 2.09. The number of ether oxygens (including phenoxy) is 1. The van der Waals surface area contributed by atoms with Crippen LogP contribution in [0.15, 0.2) is 11.8 Å². The van der Waals surface area contributed by atoms with Gasteiger partial charge in [0.15, 0.2) is 0 Å². The molecular weight excluding hydrogens is 232 g/mol. The monoisotopic (exact) mass is 249 g/mol. The van der Waals surface area contributed by atoms with E-state index in [2.05, 4.69) is 4.74 Å². The van der Waals surface area contributed by atoms with Crippen molar-refractivity contribution in [2.24, 2.45) is 0 Å².